The fourth-order valence-corrected chi connectivity index (χ4v) is 2.02. The van der Waals surface area contributed by atoms with Gasteiger partial charge in [0.2, 0.25) is 0 Å². The highest BCUT2D eigenvalue weighted by atomic mass is 127. The van der Waals surface area contributed by atoms with E-state index in [1.807, 2.05) is 13.1 Å². The van der Waals surface area contributed by atoms with Crippen molar-refractivity contribution < 1.29 is 17.9 Å². The van der Waals surface area contributed by atoms with Crippen LogP contribution >= 0.6 is 24.0 Å². The summed E-state index contributed by atoms with van der Waals surface area (Å²) in [6.07, 6.45) is -3.05. The summed E-state index contributed by atoms with van der Waals surface area (Å²) < 4.78 is 43.0. The molecule has 0 aliphatic rings. The summed E-state index contributed by atoms with van der Waals surface area (Å²) in [5.74, 6) is 0.220. The molecule has 138 valence electrons. The Morgan fingerprint density at radius 3 is 2.48 bits per heavy atom. The van der Waals surface area contributed by atoms with E-state index in [2.05, 4.69) is 25.5 Å². The van der Waals surface area contributed by atoms with Crippen LogP contribution in [0.1, 0.15) is 11.3 Å². The fraction of sp³-hybridized carbons (Fsp3) is 0.333. The van der Waals surface area contributed by atoms with Crippen molar-refractivity contribution in [3.63, 3.8) is 0 Å². The van der Waals surface area contributed by atoms with Crippen molar-refractivity contribution in [3.05, 3.63) is 47.8 Å². The molecule has 0 aliphatic heterocycles. The second kappa shape index (κ2) is 9.49. The second-order valence-corrected chi connectivity index (χ2v) is 4.88. The zero-order chi connectivity index (χ0) is 17.6. The van der Waals surface area contributed by atoms with Gasteiger partial charge in [-0.05, 0) is 12.1 Å². The van der Waals surface area contributed by atoms with Crippen LogP contribution in [0.4, 0.5) is 13.2 Å². The summed E-state index contributed by atoms with van der Waals surface area (Å²) in [6, 6.07) is 7.82. The molecular weight excluding hydrogens is 450 g/mol. The number of benzene rings is 1. The Balaban J connectivity index is 0.00000312. The van der Waals surface area contributed by atoms with Crippen LogP contribution in [0.15, 0.2) is 41.5 Å². The van der Waals surface area contributed by atoms with Crippen molar-refractivity contribution >= 4 is 29.9 Å². The number of hydrogen-bond donors (Lipinski definition) is 2. The van der Waals surface area contributed by atoms with Gasteiger partial charge in [-0.15, -0.1) is 37.1 Å². The van der Waals surface area contributed by atoms with Crippen molar-refractivity contribution in [1.29, 1.82) is 0 Å². The highest BCUT2D eigenvalue weighted by molar-refractivity contribution is 14.0. The van der Waals surface area contributed by atoms with Crippen molar-refractivity contribution in [3.8, 4) is 5.75 Å². The summed E-state index contributed by atoms with van der Waals surface area (Å²) >= 11 is 0. The maximum Gasteiger partial charge on any atom is 0.573 e. The number of aryl methyl sites for hydroxylation is 1. The SMILES string of the molecule is CN=C(NCc1ccccc1OC(F)(F)F)NCc1ccnn1C.I. The zero-order valence-corrected chi connectivity index (χ0v) is 16.0. The van der Waals surface area contributed by atoms with Gasteiger partial charge in [0.25, 0.3) is 0 Å². The van der Waals surface area contributed by atoms with E-state index in [1.165, 1.54) is 12.1 Å². The highest BCUT2D eigenvalue weighted by Gasteiger charge is 2.31. The van der Waals surface area contributed by atoms with E-state index in [0.717, 1.165) is 5.69 Å². The van der Waals surface area contributed by atoms with Crippen molar-refractivity contribution in [1.82, 2.24) is 20.4 Å². The van der Waals surface area contributed by atoms with Crippen LogP contribution in [-0.2, 0) is 20.1 Å². The van der Waals surface area contributed by atoms with E-state index in [9.17, 15) is 13.2 Å². The number of nitrogens with zero attached hydrogens (tertiary/aromatic N) is 3. The molecule has 0 spiro atoms. The van der Waals surface area contributed by atoms with Crippen molar-refractivity contribution in [2.45, 2.75) is 19.5 Å². The number of ether oxygens (including phenoxy) is 1. The lowest BCUT2D eigenvalue weighted by molar-refractivity contribution is -0.274. The van der Waals surface area contributed by atoms with Crippen LogP contribution in [0.2, 0.25) is 0 Å². The molecule has 10 heteroatoms. The molecule has 1 aromatic carbocycles. The number of aromatic nitrogens is 2. The Labute approximate surface area is 160 Å². The Hall–Kier alpha value is -1.98. The minimum Gasteiger partial charge on any atom is -0.405 e. The molecule has 0 atom stereocenters. The molecule has 2 N–H and O–H groups in total. The third-order valence-corrected chi connectivity index (χ3v) is 3.23. The van der Waals surface area contributed by atoms with Gasteiger partial charge in [-0.3, -0.25) is 9.67 Å². The summed E-state index contributed by atoms with van der Waals surface area (Å²) in [5.41, 5.74) is 1.32. The molecule has 2 rings (SSSR count). The van der Waals surface area contributed by atoms with E-state index < -0.39 is 6.36 Å². The number of guanidine groups is 1. The molecule has 0 radical (unpaired) electrons. The topological polar surface area (TPSA) is 63.5 Å². The third-order valence-electron chi connectivity index (χ3n) is 3.23. The number of halogens is 4. The molecule has 0 saturated heterocycles. The molecule has 25 heavy (non-hydrogen) atoms. The number of rotatable bonds is 5. The first-order chi connectivity index (χ1) is 11.4. The first kappa shape index (κ1) is 21.1. The van der Waals surface area contributed by atoms with Crippen molar-refractivity contribution in [2.24, 2.45) is 12.0 Å². The molecule has 0 unspecified atom stereocenters. The summed E-state index contributed by atoms with van der Waals surface area (Å²) in [7, 11) is 3.40. The largest absolute Gasteiger partial charge is 0.573 e. The molecular formula is C15H19F3IN5O. The normalized spacial score (nSPS) is 11.6. The lowest BCUT2D eigenvalue weighted by Crippen LogP contribution is -2.36. The van der Waals surface area contributed by atoms with Gasteiger partial charge in [0.1, 0.15) is 5.75 Å². The van der Waals surface area contributed by atoms with Crippen LogP contribution in [0.5, 0.6) is 5.75 Å². The van der Waals surface area contributed by atoms with E-state index in [0.29, 0.717) is 18.1 Å². The molecule has 0 fully saturated rings. The van der Waals surface area contributed by atoms with Gasteiger partial charge in [-0.25, -0.2) is 0 Å². The van der Waals surface area contributed by atoms with Crippen LogP contribution in [-0.4, -0.2) is 29.2 Å². The van der Waals surface area contributed by atoms with Crippen LogP contribution in [0.25, 0.3) is 0 Å². The molecule has 0 aliphatic carbocycles. The quantitative estimate of drug-likeness (QED) is 0.402. The Morgan fingerprint density at radius 2 is 1.88 bits per heavy atom. The summed E-state index contributed by atoms with van der Waals surface area (Å²) in [4.78, 5) is 4.04. The van der Waals surface area contributed by atoms with Gasteiger partial charge < -0.3 is 15.4 Å². The van der Waals surface area contributed by atoms with Gasteiger partial charge in [0.05, 0.1) is 12.2 Å². The highest BCUT2D eigenvalue weighted by Crippen LogP contribution is 2.25. The number of para-hydroxylation sites is 1. The lowest BCUT2D eigenvalue weighted by atomic mass is 10.2. The van der Waals surface area contributed by atoms with Crippen LogP contribution in [0.3, 0.4) is 0 Å². The third kappa shape index (κ3) is 6.80. The number of nitrogens with one attached hydrogen (secondary N) is 2. The second-order valence-electron chi connectivity index (χ2n) is 4.88. The number of alkyl halides is 3. The standard InChI is InChI=1S/C15H18F3N5O.HI/c1-19-14(21-10-12-7-8-22-23(12)2)20-9-11-5-3-4-6-13(11)24-15(16,17)18;/h3-8H,9-10H2,1-2H3,(H2,19,20,21);1H. The molecule has 1 aromatic heterocycles. The Bertz CT molecular complexity index is 702. The van der Waals surface area contributed by atoms with Gasteiger partial charge in [-0.2, -0.15) is 5.10 Å². The van der Waals surface area contributed by atoms with E-state index in [4.69, 9.17) is 0 Å². The predicted molar refractivity (Wildman–Crippen MR) is 98.8 cm³/mol. The summed E-state index contributed by atoms with van der Waals surface area (Å²) in [5, 5.41) is 10.1. The first-order valence-electron chi connectivity index (χ1n) is 7.14. The summed E-state index contributed by atoms with van der Waals surface area (Å²) in [6.45, 7) is 0.619. The monoisotopic (exact) mass is 469 g/mol. The Morgan fingerprint density at radius 1 is 1.20 bits per heavy atom. The van der Waals surface area contributed by atoms with Crippen molar-refractivity contribution in [2.75, 3.05) is 7.05 Å². The van der Waals surface area contributed by atoms with Gasteiger partial charge in [0, 0.05) is 32.4 Å². The minimum absolute atomic E-state index is 0. The molecule has 0 amide bonds. The van der Waals surface area contributed by atoms with Gasteiger partial charge >= 0.3 is 6.36 Å². The average molecular weight is 469 g/mol. The molecule has 1 heterocycles. The molecule has 0 bridgehead atoms. The van der Waals surface area contributed by atoms with E-state index in [1.54, 1.807) is 30.1 Å². The van der Waals surface area contributed by atoms with Gasteiger partial charge in [0.15, 0.2) is 5.96 Å². The lowest BCUT2D eigenvalue weighted by Gasteiger charge is -2.15. The van der Waals surface area contributed by atoms with E-state index >= 15 is 0 Å². The molecule has 6 nitrogen and oxygen atoms in total. The first-order valence-corrected chi connectivity index (χ1v) is 7.14. The maximum absolute atomic E-state index is 12.4. The van der Waals surface area contributed by atoms with E-state index in [-0.39, 0.29) is 36.3 Å². The number of aliphatic imine (C=N–C) groups is 1. The van der Waals surface area contributed by atoms with Gasteiger partial charge in [-0.1, -0.05) is 18.2 Å². The zero-order valence-electron chi connectivity index (χ0n) is 13.7. The smallest absolute Gasteiger partial charge is 0.405 e. The fourth-order valence-electron chi connectivity index (χ4n) is 2.02. The maximum atomic E-state index is 12.4. The van der Waals surface area contributed by atoms with Crippen LogP contribution in [0, 0.1) is 0 Å². The Kier molecular flexibility index (Phi) is 8.00. The molecule has 2 aromatic rings. The minimum atomic E-state index is -4.73. The number of hydrogen-bond acceptors (Lipinski definition) is 3. The predicted octanol–water partition coefficient (Wildman–Crippen LogP) is 2.80. The van der Waals surface area contributed by atoms with Crippen LogP contribution < -0.4 is 15.4 Å². The molecule has 0 saturated carbocycles. The average Bonchev–Trinajstić information content (AvgIpc) is 2.93.